The topological polar surface area (TPSA) is 53.9 Å². The molecule has 2 atom stereocenters. The Morgan fingerprint density at radius 2 is 1.73 bits per heavy atom. The summed E-state index contributed by atoms with van der Waals surface area (Å²) in [6, 6.07) is 18.3. The summed E-state index contributed by atoms with van der Waals surface area (Å²) in [5, 5.41) is 3.00. The van der Waals surface area contributed by atoms with E-state index in [9.17, 15) is 9.59 Å². The zero-order valence-corrected chi connectivity index (χ0v) is 19.1. The minimum Gasteiger partial charge on any atom is -0.347 e. The number of anilines is 1. The molecule has 0 saturated carbocycles. The number of hydrogen-bond acceptors (Lipinski definition) is 3. The fourth-order valence-electron chi connectivity index (χ4n) is 3.72. The third kappa shape index (κ3) is 5.64. The molecule has 2 aromatic carbocycles. The van der Waals surface area contributed by atoms with Gasteiger partial charge in [0.2, 0.25) is 0 Å². The van der Waals surface area contributed by atoms with Gasteiger partial charge in [0.15, 0.2) is 13.1 Å². The van der Waals surface area contributed by atoms with E-state index in [1.807, 2.05) is 69.0 Å². The number of carbonyl (C=O) groups excluding carboxylic acids is 2. The molecule has 0 radical (unpaired) electrons. The minimum atomic E-state index is -0.276. The molecule has 0 bridgehead atoms. The first-order valence-corrected chi connectivity index (χ1v) is 11.5. The number of amides is 2. The molecule has 0 saturated heterocycles. The van der Waals surface area contributed by atoms with E-state index in [0.29, 0.717) is 13.1 Å². The Labute approximate surface area is 183 Å². The summed E-state index contributed by atoms with van der Waals surface area (Å²) in [6.07, 6.45) is 0. The second-order valence-corrected chi connectivity index (χ2v) is 9.79. The summed E-state index contributed by atoms with van der Waals surface area (Å²) in [4.78, 5) is 30.0. The van der Waals surface area contributed by atoms with Gasteiger partial charge >= 0.3 is 0 Å². The molecule has 2 amide bonds. The zero-order valence-electron chi connectivity index (χ0n) is 18.3. The lowest BCUT2D eigenvalue weighted by molar-refractivity contribution is -0.881. The maximum atomic E-state index is 13.5. The Hall–Kier alpha value is -2.31. The number of thioether (sulfide) groups is 1. The molecule has 0 spiro atoms. The average molecular weight is 427 g/mol. The number of hydrogen-bond donors (Lipinski definition) is 2. The zero-order chi connectivity index (χ0) is 21.7. The van der Waals surface area contributed by atoms with Crippen molar-refractivity contribution in [3.63, 3.8) is 0 Å². The predicted molar refractivity (Wildman–Crippen MR) is 123 cm³/mol. The van der Waals surface area contributed by atoms with Crippen molar-refractivity contribution in [2.24, 2.45) is 0 Å². The van der Waals surface area contributed by atoms with Crippen LogP contribution in [0, 0.1) is 0 Å². The van der Waals surface area contributed by atoms with E-state index < -0.39 is 0 Å². The normalized spacial score (nSPS) is 17.2. The van der Waals surface area contributed by atoms with E-state index in [2.05, 4.69) is 23.5 Å². The number of carbonyl (C=O) groups is 2. The summed E-state index contributed by atoms with van der Waals surface area (Å²) in [7, 11) is 0. The van der Waals surface area contributed by atoms with E-state index in [1.54, 1.807) is 11.8 Å². The van der Waals surface area contributed by atoms with Gasteiger partial charge in [0.1, 0.15) is 0 Å². The molecular formula is C24H32N3O2S+. The third-order valence-electron chi connectivity index (χ3n) is 5.11. The molecule has 3 rings (SSSR count). The summed E-state index contributed by atoms with van der Waals surface area (Å²) < 4.78 is 0. The van der Waals surface area contributed by atoms with Crippen molar-refractivity contribution in [3.05, 3.63) is 60.2 Å². The van der Waals surface area contributed by atoms with Gasteiger partial charge in [-0.3, -0.25) is 14.5 Å². The largest absolute Gasteiger partial charge is 0.347 e. The lowest BCUT2D eigenvalue weighted by Crippen LogP contribution is -3.14. The van der Waals surface area contributed by atoms with Crippen LogP contribution in [0.3, 0.4) is 0 Å². The minimum absolute atomic E-state index is 0.0138. The highest BCUT2D eigenvalue weighted by molar-refractivity contribution is 7.99. The summed E-state index contributed by atoms with van der Waals surface area (Å²) >= 11 is 1.79. The number of rotatable bonds is 6. The Kier molecular flexibility index (Phi) is 7.21. The first-order valence-electron chi connectivity index (χ1n) is 10.5. The molecule has 30 heavy (non-hydrogen) atoms. The molecule has 0 aliphatic carbocycles. The Balaban J connectivity index is 1.82. The van der Waals surface area contributed by atoms with Gasteiger partial charge < -0.3 is 10.2 Å². The van der Waals surface area contributed by atoms with Crippen LogP contribution in [0.25, 0.3) is 0 Å². The second kappa shape index (κ2) is 9.67. The fourth-order valence-corrected chi connectivity index (χ4v) is 4.89. The highest BCUT2D eigenvalue weighted by Gasteiger charge is 2.34. The van der Waals surface area contributed by atoms with Crippen molar-refractivity contribution in [2.45, 2.75) is 44.2 Å². The van der Waals surface area contributed by atoms with E-state index in [0.717, 1.165) is 26.8 Å². The van der Waals surface area contributed by atoms with Crippen LogP contribution in [0.2, 0.25) is 0 Å². The van der Waals surface area contributed by atoms with Gasteiger partial charge in [0, 0.05) is 16.2 Å². The lowest BCUT2D eigenvalue weighted by Gasteiger charge is -2.37. The predicted octanol–water partition coefficient (Wildman–Crippen LogP) is 2.69. The van der Waals surface area contributed by atoms with Gasteiger partial charge in [-0.05, 0) is 45.4 Å². The number of nitrogens with zero attached hydrogens (tertiary/aromatic N) is 1. The van der Waals surface area contributed by atoms with E-state index in [4.69, 9.17) is 0 Å². The number of likely N-dealkylation sites (N-methyl/N-ethyl adjacent to an activating group) is 1. The molecule has 2 aromatic rings. The van der Waals surface area contributed by atoms with E-state index in [1.165, 1.54) is 0 Å². The molecular weight excluding hydrogens is 394 g/mol. The summed E-state index contributed by atoms with van der Waals surface area (Å²) in [6.45, 7) is 9.21. The van der Waals surface area contributed by atoms with Crippen LogP contribution in [-0.2, 0) is 9.59 Å². The molecule has 5 nitrogen and oxygen atoms in total. The van der Waals surface area contributed by atoms with Crippen LogP contribution >= 0.6 is 11.8 Å². The molecule has 1 aliphatic rings. The highest BCUT2D eigenvalue weighted by atomic mass is 32.2. The van der Waals surface area contributed by atoms with Gasteiger partial charge in [-0.25, -0.2) is 0 Å². The SMILES string of the molecule is CC[NH+](CC(=O)NC(C)(C)C)CC(=O)N1c2ccccc2SC[C@H]1c1ccccc1. The van der Waals surface area contributed by atoms with Crippen LogP contribution in [0.5, 0.6) is 0 Å². The van der Waals surface area contributed by atoms with Crippen LogP contribution in [0.15, 0.2) is 59.5 Å². The van der Waals surface area contributed by atoms with Gasteiger partial charge in [-0.1, -0.05) is 42.5 Å². The van der Waals surface area contributed by atoms with E-state index in [-0.39, 0.29) is 29.9 Å². The van der Waals surface area contributed by atoms with Gasteiger partial charge in [0.05, 0.1) is 18.3 Å². The molecule has 2 N–H and O–H groups in total. The molecule has 1 aliphatic heterocycles. The molecule has 1 heterocycles. The van der Waals surface area contributed by atoms with Crippen LogP contribution in [-0.4, -0.2) is 42.7 Å². The summed E-state index contributed by atoms with van der Waals surface area (Å²) in [5.74, 6) is 0.844. The van der Waals surface area contributed by atoms with Crippen LogP contribution in [0.1, 0.15) is 39.3 Å². The fraction of sp³-hybridized carbons (Fsp3) is 0.417. The molecule has 0 fully saturated rings. The Morgan fingerprint density at radius 3 is 2.40 bits per heavy atom. The number of fused-ring (bicyclic) bond motifs is 1. The standard InChI is InChI=1S/C24H31N3O2S/c1-5-26(15-22(28)25-24(2,3)4)16-23(29)27-19-13-9-10-14-21(19)30-17-20(27)18-11-7-6-8-12-18/h6-14,20H,5,15-17H2,1-4H3,(H,25,28)/p+1/t20-/m0/s1. The van der Waals surface area contributed by atoms with Crippen molar-refractivity contribution < 1.29 is 14.5 Å². The first-order chi connectivity index (χ1) is 14.3. The van der Waals surface area contributed by atoms with Crippen molar-refractivity contribution >= 4 is 29.3 Å². The first kappa shape index (κ1) is 22.4. The second-order valence-electron chi connectivity index (χ2n) is 8.72. The maximum Gasteiger partial charge on any atom is 0.282 e. The monoisotopic (exact) mass is 426 g/mol. The van der Waals surface area contributed by atoms with Crippen molar-refractivity contribution in [3.8, 4) is 0 Å². The van der Waals surface area contributed by atoms with Gasteiger partial charge in [0.25, 0.3) is 11.8 Å². The molecule has 160 valence electrons. The molecule has 1 unspecified atom stereocenters. The third-order valence-corrected chi connectivity index (χ3v) is 6.25. The summed E-state index contributed by atoms with van der Waals surface area (Å²) in [5.41, 5.74) is 1.82. The Morgan fingerprint density at radius 1 is 1.07 bits per heavy atom. The van der Waals surface area contributed by atoms with Crippen LogP contribution < -0.4 is 15.1 Å². The smallest absolute Gasteiger partial charge is 0.282 e. The van der Waals surface area contributed by atoms with Crippen molar-refractivity contribution in [2.75, 3.05) is 30.3 Å². The average Bonchev–Trinajstić information content (AvgIpc) is 2.71. The molecule has 6 heteroatoms. The molecule has 0 aromatic heterocycles. The quantitative estimate of drug-likeness (QED) is 0.747. The van der Waals surface area contributed by atoms with Gasteiger partial charge in [-0.2, -0.15) is 0 Å². The Bertz CT molecular complexity index is 880. The van der Waals surface area contributed by atoms with E-state index >= 15 is 0 Å². The van der Waals surface area contributed by atoms with Crippen molar-refractivity contribution in [1.82, 2.24) is 5.32 Å². The number of benzene rings is 2. The number of para-hydroxylation sites is 1. The van der Waals surface area contributed by atoms with Gasteiger partial charge in [-0.15, -0.1) is 11.8 Å². The maximum absolute atomic E-state index is 13.5. The van der Waals surface area contributed by atoms with Crippen LogP contribution in [0.4, 0.5) is 5.69 Å². The van der Waals surface area contributed by atoms with Crippen molar-refractivity contribution in [1.29, 1.82) is 0 Å². The lowest BCUT2D eigenvalue weighted by atomic mass is 10.1. The number of nitrogens with one attached hydrogen (secondary N) is 2. The number of quaternary nitrogens is 1. The highest BCUT2D eigenvalue weighted by Crippen LogP contribution is 2.42.